The van der Waals surface area contributed by atoms with Crippen molar-refractivity contribution in [1.29, 1.82) is 0 Å². The van der Waals surface area contributed by atoms with E-state index in [4.69, 9.17) is 0 Å². The maximum absolute atomic E-state index is 13.5. The molecule has 6 nitrogen and oxygen atoms in total. The lowest BCUT2D eigenvalue weighted by molar-refractivity contribution is -0.130. The van der Waals surface area contributed by atoms with Crippen LogP contribution in [0.5, 0.6) is 0 Å². The van der Waals surface area contributed by atoms with E-state index in [0.29, 0.717) is 25.7 Å². The van der Waals surface area contributed by atoms with Crippen LogP contribution < -0.4 is 16.0 Å². The Balaban J connectivity index is 1.48. The van der Waals surface area contributed by atoms with Crippen molar-refractivity contribution in [1.82, 2.24) is 16.0 Å². The smallest absolute Gasteiger partial charge is 0.322 e. The van der Waals surface area contributed by atoms with E-state index < -0.39 is 23.2 Å². The minimum absolute atomic E-state index is 0.170. The van der Waals surface area contributed by atoms with Crippen LogP contribution in [0.1, 0.15) is 31.2 Å². The molecule has 134 valence electrons. The van der Waals surface area contributed by atoms with Crippen molar-refractivity contribution in [3.8, 4) is 0 Å². The Morgan fingerprint density at radius 1 is 1.24 bits per heavy atom. The lowest BCUT2D eigenvalue weighted by atomic mass is 9.76. The first kappa shape index (κ1) is 17.3. The monoisotopic (exact) mass is 351 g/mol. The summed E-state index contributed by atoms with van der Waals surface area (Å²) in [6.45, 7) is 0.206. The summed E-state index contributed by atoms with van der Waals surface area (Å²) in [6.07, 6.45) is 1.97. The standard InChI is InChI=1S/C17H19F2N3O3/c18-12-1-2-13(19)11(9-12)5-8-20-14(23)10-3-6-17(7-4-10)15(24)21-16(25)22-17/h1-2,9-10H,3-8H2,(H,20,23)(H2,21,22,24,25). The van der Waals surface area contributed by atoms with E-state index in [2.05, 4.69) is 16.0 Å². The largest absolute Gasteiger partial charge is 0.356 e. The lowest BCUT2D eigenvalue weighted by Crippen LogP contribution is -2.51. The van der Waals surface area contributed by atoms with E-state index in [1.807, 2.05) is 0 Å². The molecule has 4 amide bonds. The Labute approximate surface area is 143 Å². The van der Waals surface area contributed by atoms with Gasteiger partial charge >= 0.3 is 6.03 Å². The molecule has 2 aliphatic rings. The number of hydrogen-bond acceptors (Lipinski definition) is 3. The van der Waals surface area contributed by atoms with Gasteiger partial charge in [0.05, 0.1) is 0 Å². The summed E-state index contributed by atoms with van der Waals surface area (Å²) in [5.41, 5.74) is -0.674. The first-order valence-corrected chi connectivity index (χ1v) is 8.25. The first-order valence-electron chi connectivity index (χ1n) is 8.25. The molecular weight excluding hydrogens is 332 g/mol. The molecule has 1 aromatic carbocycles. The highest BCUT2D eigenvalue weighted by atomic mass is 19.1. The van der Waals surface area contributed by atoms with Gasteiger partial charge in [-0.2, -0.15) is 0 Å². The number of carbonyl (C=O) groups is 3. The van der Waals surface area contributed by atoms with E-state index in [1.54, 1.807) is 0 Å². The molecule has 1 saturated carbocycles. The molecule has 3 N–H and O–H groups in total. The SMILES string of the molecule is O=C1NC(=O)C2(CCC(C(=O)NCCc3cc(F)ccc3F)CC2)N1. The number of imide groups is 1. The average molecular weight is 351 g/mol. The van der Waals surface area contributed by atoms with Crippen LogP contribution in [0.25, 0.3) is 0 Å². The Morgan fingerprint density at radius 2 is 1.96 bits per heavy atom. The zero-order valence-electron chi connectivity index (χ0n) is 13.5. The fourth-order valence-electron chi connectivity index (χ4n) is 3.45. The van der Waals surface area contributed by atoms with Crippen LogP contribution >= 0.6 is 0 Å². The van der Waals surface area contributed by atoms with Crippen LogP contribution in [-0.2, 0) is 16.0 Å². The van der Waals surface area contributed by atoms with Crippen molar-refractivity contribution in [2.75, 3.05) is 6.54 Å². The quantitative estimate of drug-likeness (QED) is 0.717. The Kier molecular flexibility index (Phi) is 4.69. The summed E-state index contributed by atoms with van der Waals surface area (Å²) in [7, 11) is 0. The van der Waals surface area contributed by atoms with Gasteiger partial charge in [0.25, 0.3) is 5.91 Å². The van der Waals surface area contributed by atoms with Crippen molar-refractivity contribution in [2.45, 2.75) is 37.6 Å². The molecule has 1 spiro atoms. The second-order valence-electron chi connectivity index (χ2n) is 6.54. The zero-order chi connectivity index (χ0) is 18.0. The Bertz CT molecular complexity index is 715. The van der Waals surface area contributed by atoms with E-state index >= 15 is 0 Å². The molecule has 1 saturated heterocycles. The number of rotatable bonds is 4. The molecule has 2 fully saturated rings. The molecule has 0 radical (unpaired) electrons. The molecule has 1 aliphatic carbocycles. The van der Waals surface area contributed by atoms with Gasteiger partial charge in [0.15, 0.2) is 0 Å². The highest BCUT2D eigenvalue weighted by Gasteiger charge is 2.48. The summed E-state index contributed by atoms with van der Waals surface area (Å²) in [4.78, 5) is 35.4. The second-order valence-corrected chi connectivity index (χ2v) is 6.54. The summed E-state index contributed by atoms with van der Waals surface area (Å²) in [6, 6.07) is 2.74. The van der Waals surface area contributed by atoms with Crippen LogP contribution in [0.15, 0.2) is 18.2 Å². The third-order valence-electron chi connectivity index (χ3n) is 4.93. The number of nitrogens with one attached hydrogen (secondary N) is 3. The third kappa shape index (κ3) is 3.62. The lowest BCUT2D eigenvalue weighted by Gasteiger charge is -2.33. The van der Waals surface area contributed by atoms with Crippen LogP contribution in [0.4, 0.5) is 13.6 Å². The molecule has 8 heteroatoms. The molecule has 0 aromatic heterocycles. The van der Waals surface area contributed by atoms with Gasteiger partial charge in [-0.3, -0.25) is 14.9 Å². The summed E-state index contributed by atoms with van der Waals surface area (Å²) in [5.74, 6) is -1.78. The van der Waals surface area contributed by atoms with Crippen molar-refractivity contribution in [3.05, 3.63) is 35.4 Å². The molecule has 1 aromatic rings. The normalized spacial score (nSPS) is 25.6. The number of urea groups is 1. The van der Waals surface area contributed by atoms with Gasteiger partial charge in [-0.1, -0.05) is 0 Å². The average Bonchev–Trinajstić information content (AvgIpc) is 2.84. The summed E-state index contributed by atoms with van der Waals surface area (Å²) >= 11 is 0. The van der Waals surface area contributed by atoms with Gasteiger partial charge in [-0.25, -0.2) is 13.6 Å². The summed E-state index contributed by atoms with van der Waals surface area (Å²) < 4.78 is 26.6. The Morgan fingerprint density at radius 3 is 2.60 bits per heavy atom. The maximum atomic E-state index is 13.5. The minimum Gasteiger partial charge on any atom is -0.356 e. The van der Waals surface area contributed by atoms with Gasteiger partial charge in [-0.15, -0.1) is 0 Å². The van der Waals surface area contributed by atoms with Crippen molar-refractivity contribution < 1.29 is 23.2 Å². The molecular formula is C17H19F2N3O3. The molecule has 3 rings (SSSR count). The highest BCUT2D eigenvalue weighted by molar-refractivity contribution is 6.07. The molecule has 1 heterocycles. The summed E-state index contributed by atoms with van der Waals surface area (Å²) in [5, 5.41) is 7.60. The number of carbonyl (C=O) groups excluding carboxylic acids is 3. The maximum Gasteiger partial charge on any atom is 0.322 e. The number of amides is 4. The second kappa shape index (κ2) is 6.78. The zero-order valence-corrected chi connectivity index (χ0v) is 13.5. The van der Waals surface area contributed by atoms with Crippen molar-refractivity contribution in [3.63, 3.8) is 0 Å². The topological polar surface area (TPSA) is 87.3 Å². The minimum atomic E-state index is -0.890. The van der Waals surface area contributed by atoms with Crippen molar-refractivity contribution in [2.24, 2.45) is 5.92 Å². The predicted octanol–water partition coefficient (Wildman–Crippen LogP) is 1.39. The van der Waals surface area contributed by atoms with Gasteiger partial charge in [0, 0.05) is 12.5 Å². The van der Waals surface area contributed by atoms with E-state index in [9.17, 15) is 23.2 Å². The Hall–Kier alpha value is -2.51. The fraction of sp³-hybridized carbons (Fsp3) is 0.471. The van der Waals surface area contributed by atoms with Gasteiger partial charge in [0.2, 0.25) is 5.91 Å². The molecule has 1 aliphatic heterocycles. The van der Waals surface area contributed by atoms with Crippen LogP contribution in [0, 0.1) is 17.6 Å². The van der Waals surface area contributed by atoms with E-state index in [-0.39, 0.29) is 36.3 Å². The van der Waals surface area contributed by atoms with Crippen LogP contribution in [0.3, 0.4) is 0 Å². The molecule has 0 unspecified atom stereocenters. The highest BCUT2D eigenvalue weighted by Crippen LogP contribution is 2.34. The molecule has 25 heavy (non-hydrogen) atoms. The number of benzene rings is 1. The number of hydrogen-bond donors (Lipinski definition) is 3. The molecule has 0 atom stereocenters. The van der Waals surface area contributed by atoms with E-state index in [0.717, 1.165) is 18.2 Å². The van der Waals surface area contributed by atoms with Gasteiger partial charge in [-0.05, 0) is 55.9 Å². The van der Waals surface area contributed by atoms with Gasteiger partial charge in [0.1, 0.15) is 17.2 Å². The fourth-order valence-corrected chi connectivity index (χ4v) is 3.45. The van der Waals surface area contributed by atoms with Crippen molar-refractivity contribution >= 4 is 17.8 Å². The predicted molar refractivity (Wildman–Crippen MR) is 84.4 cm³/mol. The first-order chi connectivity index (χ1) is 11.9. The molecule has 0 bridgehead atoms. The third-order valence-corrected chi connectivity index (χ3v) is 4.93. The van der Waals surface area contributed by atoms with Crippen LogP contribution in [-0.4, -0.2) is 29.9 Å². The van der Waals surface area contributed by atoms with Gasteiger partial charge < -0.3 is 10.6 Å². The van der Waals surface area contributed by atoms with Crippen LogP contribution in [0.2, 0.25) is 0 Å². The number of halogens is 2. The van der Waals surface area contributed by atoms with E-state index in [1.165, 1.54) is 0 Å².